The molecule has 0 saturated heterocycles. The Morgan fingerprint density at radius 1 is 1.24 bits per heavy atom. The zero-order chi connectivity index (χ0) is 23.5. The maximum Gasteiger partial charge on any atom is 0.387 e. The van der Waals surface area contributed by atoms with E-state index in [1.807, 2.05) is 0 Å². The molecule has 3 aromatic rings. The molecule has 2 aromatic heterocycles. The summed E-state index contributed by atoms with van der Waals surface area (Å²) in [5.74, 6) is -3.05. The number of para-hydroxylation sites is 1. The van der Waals surface area contributed by atoms with Gasteiger partial charge in [0.1, 0.15) is 0 Å². The summed E-state index contributed by atoms with van der Waals surface area (Å²) >= 11 is 0. The van der Waals surface area contributed by atoms with E-state index in [4.69, 9.17) is 4.74 Å². The second kappa shape index (κ2) is 9.49. The number of rotatable bonds is 8. The van der Waals surface area contributed by atoms with Crippen molar-refractivity contribution in [3.8, 4) is 17.0 Å². The van der Waals surface area contributed by atoms with Gasteiger partial charge < -0.3 is 25.1 Å². The summed E-state index contributed by atoms with van der Waals surface area (Å²) in [6.45, 7) is -2.54. The molecule has 1 amide bonds. The highest BCUT2D eigenvalue weighted by Crippen LogP contribution is 2.42. The molecule has 4 rings (SSSR count). The Labute approximate surface area is 186 Å². The van der Waals surface area contributed by atoms with Crippen molar-refractivity contribution >= 4 is 17.3 Å². The monoisotopic (exact) mass is 464 g/mol. The van der Waals surface area contributed by atoms with Gasteiger partial charge in [0.05, 0.1) is 28.8 Å². The number of benzene rings is 1. The van der Waals surface area contributed by atoms with Gasteiger partial charge >= 0.3 is 6.61 Å². The van der Waals surface area contributed by atoms with Gasteiger partial charge in [0.15, 0.2) is 17.4 Å². The lowest BCUT2D eigenvalue weighted by Gasteiger charge is -2.23. The number of nitrogens with one attached hydrogen (secondary N) is 3. The average molecular weight is 464 g/mol. The van der Waals surface area contributed by atoms with Crippen molar-refractivity contribution in [2.24, 2.45) is 0 Å². The number of halogens is 4. The number of ether oxygens (including phenoxy) is 2. The van der Waals surface area contributed by atoms with E-state index in [9.17, 15) is 22.4 Å². The predicted molar refractivity (Wildman–Crippen MR) is 112 cm³/mol. The maximum absolute atomic E-state index is 14.7. The largest absolute Gasteiger partial charge is 0.429 e. The van der Waals surface area contributed by atoms with E-state index in [-0.39, 0.29) is 34.1 Å². The van der Waals surface area contributed by atoms with Gasteiger partial charge in [0.2, 0.25) is 0 Å². The van der Waals surface area contributed by atoms with Gasteiger partial charge in [-0.1, -0.05) is 6.07 Å². The molecule has 1 aliphatic rings. The number of carbonyl (C=O) groups is 1. The fourth-order valence-corrected chi connectivity index (χ4v) is 3.83. The topological polar surface area (TPSA) is 88.3 Å². The van der Waals surface area contributed by atoms with Crippen molar-refractivity contribution < 1.29 is 31.8 Å². The summed E-state index contributed by atoms with van der Waals surface area (Å²) in [7, 11) is 1.55. The molecule has 33 heavy (non-hydrogen) atoms. The molecule has 1 aromatic carbocycles. The van der Waals surface area contributed by atoms with Crippen LogP contribution >= 0.6 is 0 Å². The molecule has 1 atom stereocenters. The number of aromatic amines is 1. The fourth-order valence-electron chi connectivity index (χ4n) is 3.83. The Balaban J connectivity index is 1.89. The molecule has 0 spiro atoms. The lowest BCUT2D eigenvalue weighted by Crippen LogP contribution is -2.35. The van der Waals surface area contributed by atoms with E-state index in [0.29, 0.717) is 25.3 Å². The average Bonchev–Trinajstić information content (AvgIpc) is 3.16. The SMILES string of the molecule is COCC[C@@H]1CNC(=O)c2c1[nH]c(-c1ccncc1F)c2Nc1cccc(F)c1OC(F)F. The van der Waals surface area contributed by atoms with Gasteiger partial charge in [-0.15, -0.1) is 0 Å². The Morgan fingerprint density at radius 3 is 2.79 bits per heavy atom. The quantitative estimate of drug-likeness (QED) is 0.426. The molecule has 3 N–H and O–H groups in total. The molecule has 0 saturated carbocycles. The first-order chi connectivity index (χ1) is 15.9. The number of hydrogen-bond donors (Lipinski definition) is 3. The summed E-state index contributed by atoms with van der Waals surface area (Å²) in [4.78, 5) is 19.7. The number of fused-ring (bicyclic) bond motifs is 1. The number of amides is 1. The van der Waals surface area contributed by atoms with Crippen molar-refractivity contribution in [2.45, 2.75) is 19.0 Å². The van der Waals surface area contributed by atoms with Crippen LogP contribution in [0.2, 0.25) is 0 Å². The zero-order valence-electron chi connectivity index (χ0n) is 17.4. The highest BCUT2D eigenvalue weighted by Gasteiger charge is 2.33. The molecular formula is C22H20F4N4O3. The number of nitrogens with zero attached hydrogens (tertiary/aromatic N) is 1. The summed E-state index contributed by atoms with van der Waals surface area (Å²) in [6.07, 6.45) is 2.94. The van der Waals surface area contributed by atoms with E-state index in [0.717, 1.165) is 12.3 Å². The molecule has 0 bridgehead atoms. The van der Waals surface area contributed by atoms with Crippen LogP contribution in [0.15, 0.2) is 36.7 Å². The number of methoxy groups -OCH3 is 1. The summed E-state index contributed by atoms with van der Waals surface area (Å²) in [5, 5.41) is 5.59. The molecule has 3 heterocycles. The Kier molecular flexibility index (Phi) is 6.50. The van der Waals surface area contributed by atoms with Crippen molar-refractivity contribution in [1.82, 2.24) is 15.3 Å². The van der Waals surface area contributed by atoms with E-state index in [1.165, 1.54) is 24.4 Å². The van der Waals surface area contributed by atoms with E-state index >= 15 is 0 Å². The molecule has 174 valence electrons. The van der Waals surface area contributed by atoms with Crippen LogP contribution in [0.25, 0.3) is 11.3 Å². The second-order valence-corrected chi connectivity index (χ2v) is 7.33. The van der Waals surface area contributed by atoms with E-state index < -0.39 is 29.9 Å². The van der Waals surface area contributed by atoms with Gasteiger partial charge in [0, 0.05) is 43.6 Å². The number of hydrogen-bond acceptors (Lipinski definition) is 5. The van der Waals surface area contributed by atoms with Crippen LogP contribution in [0.5, 0.6) is 5.75 Å². The number of aromatic nitrogens is 2. The zero-order valence-corrected chi connectivity index (χ0v) is 17.4. The number of alkyl halides is 2. The third kappa shape index (κ3) is 4.49. The lowest BCUT2D eigenvalue weighted by molar-refractivity contribution is -0.0516. The van der Waals surface area contributed by atoms with Gasteiger partial charge in [-0.25, -0.2) is 8.78 Å². The van der Waals surface area contributed by atoms with Gasteiger partial charge in [-0.05, 0) is 24.6 Å². The van der Waals surface area contributed by atoms with Crippen LogP contribution in [0.3, 0.4) is 0 Å². The van der Waals surface area contributed by atoms with Gasteiger partial charge in [-0.2, -0.15) is 8.78 Å². The van der Waals surface area contributed by atoms with Crippen LogP contribution in [0, 0.1) is 11.6 Å². The van der Waals surface area contributed by atoms with E-state index in [1.54, 1.807) is 7.11 Å². The van der Waals surface area contributed by atoms with Crippen LogP contribution in [-0.2, 0) is 4.74 Å². The predicted octanol–water partition coefficient (Wildman–Crippen LogP) is 4.56. The minimum Gasteiger partial charge on any atom is -0.429 e. The molecule has 11 heteroatoms. The van der Waals surface area contributed by atoms with Crippen molar-refractivity contribution in [2.75, 3.05) is 25.6 Å². The first kappa shape index (κ1) is 22.6. The summed E-state index contributed by atoms with van der Waals surface area (Å²) in [5.41, 5.74) is 0.914. The minimum absolute atomic E-state index is 0.0907. The molecule has 0 fully saturated rings. The fraction of sp³-hybridized carbons (Fsp3) is 0.273. The first-order valence-corrected chi connectivity index (χ1v) is 10.0. The van der Waals surface area contributed by atoms with E-state index in [2.05, 4.69) is 25.3 Å². The standard InChI is InChI=1S/C22H20F4N4O3/c1-32-8-6-11-9-28-21(31)16-17(11)30-18(12-5-7-27-10-14(12)24)19(16)29-15-4-2-3-13(23)20(15)33-22(25)26/h2-5,7,10-11,22,29-30H,6,8-9H2,1H3,(H,28,31)/t11-/m1/s1. The van der Waals surface area contributed by atoms with Crippen LogP contribution in [0.4, 0.5) is 28.9 Å². The molecular weight excluding hydrogens is 444 g/mol. The third-order valence-electron chi connectivity index (χ3n) is 5.32. The Bertz CT molecular complexity index is 1170. The molecule has 0 unspecified atom stereocenters. The summed E-state index contributed by atoms with van der Waals surface area (Å²) < 4.78 is 64.3. The third-order valence-corrected chi connectivity index (χ3v) is 5.32. The van der Waals surface area contributed by atoms with Crippen molar-refractivity contribution in [3.05, 3.63) is 59.6 Å². The molecule has 1 aliphatic heterocycles. The van der Waals surface area contributed by atoms with Crippen molar-refractivity contribution in [3.63, 3.8) is 0 Å². The Morgan fingerprint density at radius 2 is 2.06 bits per heavy atom. The maximum atomic E-state index is 14.7. The van der Waals surface area contributed by atoms with Gasteiger partial charge in [-0.3, -0.25) is 9.78 Å². The molecule has 0 aliphatic carbocycles. The second-order valence-electron chi connectivity index (χ2n) is 7.33. The minimum atomic E-state index is -3.28. The van der Waals surface area contributed by atoms with Crippen LogP contribution < -0.4 is 15.4 Å². The number of H-pyrrole nitrogens is 1. The Hall–Kier alpha value is -3.60. The van der Waals surface area contributed by atoms with Gasteiger partial charge in [0.25, 0.3) is 5.91 Å². The number of pyridine rings is 1. The normalized spacial score (nSPS) is 15.3. The highest BCUT2D eigenvalue weighted by molar-refractivity contribution is 6.06. The van der Waals surface area contributed by atoms with Crippen LogP contribution in [0.1, 0.15) is 28.4 Å². The highest BCUT2D eigenvalue weighted by atomic mass is 19.3. The van der Waals surface area contributed by atoms with Crippen LogP contribution in [-0.4, -0.2) is 42.7 Å². The van der Waals surface area contributed by atoms with Crippen molar-refractivity contribution in [1.29, 1.82) is 0 Å². The number of carbonyl (C=O) groups excluding carboxylic acids is 1. The summed E-state index contributed by atoms with van der Waals surface area (Å²) in [6, 6.07) is 4.98. The first-order valence-electron chi connectivity index (χ1n) is 10.0. The molecule has 0 radical (unpaired) electrons. The lowest BCUT2D eigenvalue weighted by atomic mass is 9.93. The molecule has 7 nitrogen and oxygen atoms in total. The number of anilines is 2. The smallest absolute Gasteiger partial charge is 0.387 e.